The van der Waals surface area contributed by atoms with Gasteiger partial charge in [0, 0.05) is 11.0 Å². The molecule has 0 atom stereocenters. The largest absolute Gasteiger partial charge is 0.494 e. The highest BCUT2D eigenvalue weighted by atomic mass is 32.1. The first-order chi connectivity index (χ1) is 11.1. The van der Waals surface area contributed by atoms with E-state index in [1.54, 1.807) is 6.08 Å². The van der Waals surface area contributed by atoms with E-state index in [-0.39, 0.29) is 5.91 Å². The quantitative estimate of drug-likeness (QED) is 0.596. The molecule has 0 spiro atoms. The summed E-state index contributed by atoms with van der Waals surface area (Å²) in [6, 6.07) is 7.70. The molecule has 1 N–H and O–H groups in total. The molecule has 0 saturated heterocycles. The lowest BCUT2D eigenvalue weighted by Gasteiger charge is -2.05. The highest BCUT2D eigenvalue weighted by Crippen LogP contribution is 2.21. The monoisotopic (exact) mass is 330 g/mol. The number of benzene rings is 1. The van der Waals surface area contributed by atoms with E-state index in [9.17, 15) is 4.79 Å². The van der Waals surface area contributed by atoms with E-state index in [1.165, 1.54) is 17.4 Å². The van der Waals surface area contributed by atoms with Crippen LogP contribution in [0.5, 0.6) is 5.75 Å². The number of hydrogen-bond acceptors (Lipinski definition) is 4. The van der Waals surface area contributed by atoms with Gasteiger partial charge in [0.15, 0.2) is 5.13 Å². The van der Waals surface area contributed by atoms with Gasteiger partial charge in [-0.2, -0.15) is 0 Å². The van der Waals surface area contributed by atoms with Crippen molar-refractivity contribution in [1.29, 1.82) is 0 Å². The number of carbonyl (C=O) groups excluding carboxylic acids is 1. The van der Waals surface area contributed by atoms with Crippen molar-refractivity contribution in [2.75, 3.05) is 11.9 Å². The van der Waals surface area contributed by atoms with Gasteiger partial charge in [0.1, 0.15) is 5.75 Å². The molecule has 23 heavy (non-hydrogen) atoms. The number of amides is 1. The average molecular weight is 330 g/mol. The smallest absolute Gasteiger partial charge is 0.250 e. The fourth-order valence-electron chi connectivity index (χ4n) is 1.85. The van der Waals surface area contributed by atoms with Crippen LogP contribution in [0, 0.1) is 13.8 Å². The first-order valence-corrected chi connectivity index (χ1v) is 8.56. The maximum Gasteiger partial charge on any atom is 0.250 e. The minimum atomic E-state index is -0.179. The molecule has 2 rings (SSSR count). The molecule has 0 fully saturated rings. The Hall–Kier alpha value is -2.14. The second-order valence-electron chi connectivity index (χ2n) is 5.25. The molecular formula is C18H22N2O2S. The molecule has 0 aliphatic heterocycles. The van der Waals surface area contributed by atoms with Crippen LogP contribution in [-0.4, -0.2) is 17.5 Å². The predicted molar refractivity (Wildman–Crippen MR) is 96.1 cm³/mol. The first-order valence-electron chi connectivity index (χ1n) is 7.74. The lowest BCUT2D eigenvalue weighted by Crippen LogP contribution is -2.07. The van der Waals surface area contributed by atoms with Gasteiger partial charge in [-0.25, -0.2) is 4.98 Å². The molecule has 1 amide bonds. The fraction of sp³-hybridized carbons (Fsp3) is 0.333. The Bertz CT molecular complexity index is 655. The van der Waals surface area contributed by atoms with Crippen LogP contribution in [0.25, 0.3) is 6.08 Å². The second kappa shape index (κ2) is 8.48. The number of thiazole rings is 1. The lowest BCUT2D eigenvalue weighted by molar-refractivity contribution is -0.111. The number of nitrogens with one attached hydrogen (secondary N) is 1. The molecule has 0 aliphatic carbocycles. The van der Waals surface area contributed by atoms with E-state index < -0.39 is 0 Å². The lowest BCUT2D eigenvalue weighted by atomic mass is 10.2. The zero-order valence-electron chi connectivity index (χ0n) is 13.8. The average Bonchev–Trinajstić information content (AvgIpc) is 2.84. The van der Waals surface area contributed by atoms with E-state index >= 15 is 0 Å². The van der Waals surface area contributed by atoms with Crippen LogP contribution >= 0.6 is 11.3 Å². The topological polar surface area (TPSA) is 51.2 Å². The summed E-state index contributed by atoms with van der Waals surface area (Å²) in [4.78, 5) is 17.3. The summed E-state index contributed by atoms with van der Waals surface area (Å²) in [5.41, 5.74) is 1.91. The Morgan fingerprint density at radius 1 is 1.30 bits per heavy atom. The van der Waals surface area contributed by atoms with Gasteiger partial charge in [-0.3, -0.25) is 10.1 Å². The van der Waals surface area contributed by atoms with Crippen molar-refractivity contribution < 1.29 is 9.53 Å². The third kappa shape index (κ3) is 5.53. The molecule has 1 aromatic heterocycles. The van der Waals surface area contributed by atoms with Gasteiger partial charge in [0.05, 0.1) is 12.3 Å². The molecule has 0 bridgehead atoms. The summed E-state index contributed by atoms with van der Waals surface area (Å²) in [7, 11) is 0. The van der Waals surface area contributed by atoms with Crippen molar-refractivity contribution in [2.24, 2.45) is 0 Å². The van der Waals surface area contributed by atoms with Crippen LogP contribution in [0.1, 0.15) is 35.9 Å². The number of nitrogens with zero attached hydrogens (tertiary/aromatic N) is 1. The van der Waals surface area contributed by atoms with Gasteiger partial charge < -0.3 is 4.74 Å². The molecule has 0 aliphatic rings. The Morgan fingerprint density at radius 3 is 2.65 bits per heavy atom. The van der Waals surface area contributed by atoms with Crippen LogP contribution in [0.3, 0.4) is 0 Å². The van der Waals surface area contributed by atoms with Gasteiger partial charge >= 0.3 is 0 Å². The number of aryl methyl sites for hydroxylation is 2. The summed E-state index contributed by atoms with van der Waals surface area (Å²) in [6.45, 7) is 6.79. The molecular weight excluding hydrogens is 308 g/mol. The molecule has 1 aromatic carbocycles. The van der Waals surface area contributed by atoms with E-state index in [4.69, 9.17) is 4.74 Å². The third-order valence-electron chi connectivity index (χ3n) is 3.33. The predicted octanol–water partition coefficient (Wildman–Crippen LogP) is 4.59. The van der Waals surface area contributed by atoms with Crippen molar-refractivity contribution in [2.45, 2.75) is 33.6 Å². The number of ether oxygens (including phenoxy) is 1. The summed E-state index contributed by atoms with van der Waals surface area (Å²) in [6.07, 6.45) is 5.46. The number of aromatic nitrogens is 1. The van der Waals surface area contributed by atoms with Crippen LogP contribution in [0.2, 0.25) is 0 Å². The standard InChI is InChI=1S/C18H22N2O2S/c1-4-5-12-22-16-9-6-15(7-10-16)8-11-17(21)20-18-19-13(2)14(3)23-18/h6-11H,4-5,12H2,1-3H3,(H,19,20,21). The Kier molecular flexibility index (Phi) is 6.35. The van der Waals surface area contributed by atoms with E-state index in [0.717, 1.165) is 41.3 Å². The molecule has 0 saturated carbocycles. The molecule has 5 heteroatoms. The summed E-state index contributed by atoms with van der Waals surface area (Å²) >= 11 is 1.48. The first kappa shape index (κ1) is 17.2. The summed E-state index contributed by atoms with van der Waals surface area (Å²) < 4.78 is 5.61. The van der Waals surface area contributed by atoms with Gasteiger partial charge in [0.25, 0.3) is 0 Å². The fourth-order valence-corrected chi connectivity index (χ4v) is 2.67. The Balaban J connectivity index is 1.87. The van der Waals surface area contributed by atoms with E-state index in [1.807, 2.05) is 38.1 Å². The highest BCUT2D eigenvalue weighted by Gasteiger charge is 2.05. The molecule has 1 heterocycles. The number of unbranched alkanes of at least 4 members (excludes halogenated alkanes) is 1. The maximum atomic E-state index is 11.9. The Morgan fingerprint density at radius 2 is 2.04 bits per heavy atom. The summed E-state index contributed by atoms with van der Waals surface area (Å²) in [5, 5.41) is 3.41. The number of hydrogen-bond donors (Lipinski definition) is 1. The number of rotatable bonds is 7. The molecule has 2 aromatic rings. The van der Waals surface area contributed by atoms with Crippen molar-refractivity contribution >= 4 is 28.5 Å². The highest BCUT2D eigenvalue weighted by molar-refractivity contribution is 7.15. The number of anilines is 1. The summed E-state index contributed by atoms with van der Waals surface area (Å²) in [5.74, 6) is 0.677. The van der Waals surface area contributed by atoms with Crippen LogP contribution in [0.4, 0.5) is 5.13 Å². The maximum absolute atomic E-state index is 11.9. The van der Waals surface area contributed by atoms with E-state index in [2.05, 4.69) is 17.2 Å². The van der Waals surface area contributed by atoms with Gasteiger partial charge in [0.2, 0.25) is 5.91 Å². The zero-order chi connectivity index (χ0) is 16.7. The minimum Gasteiger partial charge on any atom is -0.494 e. The minimum absolute atomic E-state index is 0.179. The van der Waals surface area contributed by atoms with Crippen LogP contribution in [-0.2, 0) is 4.79 Å². The molecule has 0 unspecified atom stereocenters. The molecule has 4 nitrogen and oxygen atoms in total. The van der Waals surface area contributed by atoms with Crippen LogP contribution in [0.15, 0.2) is 30.3 Å². The van der Waals surface area contributed by atoms with Crippen molar-refractivity contribution in [3.05, 3.63) is 46.5 Å². The van der Waals surface area contributed by atoms with Crippen molar-refractivity contribution in [3.8, 4) is 5.75 Å². The van der Waals surface area contributed by atoms with Crippen LogP contribution < -0.4 is 10.1 Å². The SMILES string of the molecule is CCCCOc1ccc(C=CC(=O)Nc2nc(C)c(C)s2)cc1. The normalized spacial score (nSPS) is 10.9. The second-order valence-corrected chi connectivity index (χ2v) is 6.46. The molecule has 0 radical (unpaired) electrons. The van der Waals surface area contributed by atoms with Crippen molar-refractivity contribution in [1.82, 2.24) is 4.98 Å². The number of carbonyl (C=O) groups is 1. The van der Waals surface area contributed by atoms with Gasteiger partial charge in [-0.15, -0.1) is 11.3 Å². The third-order valence-corrected chi connectivity index (χ3v) is 4.32. The van der Waals surface area contributed by atoms with Crippen molar-refractivity contribution in [3.63, 3.8) is 0 Å². The zero-order valence-corrected chi connectivity index (χ0v) is 14.6. The van der Waals surface area contributed by atoms with Gasteiger partial charge in [-0.1, -0.05) is 25.5 Å². The molecule has 122 valence electrons. The van der Waals surface area contributed by atoms with Gasteiger partial charge in [-0.05, 0) is 44.0 Å². The van der Waals surface area contributed by atoms with E-state index in [0.29, 0.717) is 5.13 Å². The Labute approximate surface area is 141 Å².